The SMILES string of the molecule is O=C(O)CCn1c(C(F)(F)F)nc2cc3c(cc21)OCO3. The van der Waals surface area contributed by atoms with Gasteiger partial charge >= 0.3 is 12.1 Å². The summed E-state index contributed by atoms with van der Waals surface area (Å²) < 4.78 is 50.1. The van der Waals surface area contributed by atoms with E-state index in [1.807, 2.05) is 0 Å². The zero-order chi connectivity index (χ0) is 15.2. The molecule has 1 aromatic heterocycles. The third kappa shape index (κ3) is 2.34. The Hall–Kier alpha value is -2.45. The van der Waals surface area contributed by atoms with E-state index in [4.69, 9.17) is 14.6 Å². The normalized spacial score (nSPS) is 13.9. The first-order valence-electron chi connectivity index (χ1n) is 5.95. The van der Waals surface area contributed by atoms with Crippen molar-refractivity contribution in [1.82, 2.24) is 9.55 Å². The second kappa shape index (κ2) is 4.54. The van der Waals surface area contributed by atoms with Crippen molar-refractivity contribution >= 4 is 17.0 Å². The van der Waals surface area contributed by atoms with Crippen LogP contribution < -0.4 is 9.47 Å². The zero-order valence-corrected chi connectivity index (χ0v) is 10.5. The van der Waals surface area contributed by atoms with Crippen molar-refractivity contribution in [3.05, 3.63) is 18.0 Å². The first-order chi connectivity index (χ1) is 9.86. The number of halogens is 3. The number of hydrogen-bond acceptors (Lipinski definition) is 4. The molecule has 0 saturated carbocycles. The number of carboxylic acid groups (broad SMARTS) is 1. The fourth-order valence-electron chi connectivity index (χ4n) is 2.17. The van der Waals surface area contributed by atoms with E-state index >= 15 is 0 Å². The Bertz CT molecular complexity index is 723. The van der Waals surface area contributed by atoms with Gasteiger partial charge in [0.1, 0.15) is 0 Å². The number of carbonyl (C=O) groups is 1. The van der Waals surface area contributed by atoms with Crippen molar-refractivity contribution in [3.8, 4) is 11.5 Å². The molecule has 1 aliphatic heterocycles. The number of aliphatic carboxylic acids is 1. The minimum absolute atomic E-state index is 0.0107. The van der Waals surface area contributed by atoms with Crippen LogP contribution in [0.15, 0.2) is 12.1 Å². The summed E-state index contributed by atoms with van der Waals surface area (Å²) >= 11 is 0. The first kappa shape index (κ1) is 13.5. The van der Waals surface area contributed by atoms with Gasteiger partial charge in [0.15, 0.2) is 11.5 Å². The van der Waals surface area contributed by atoms with E-state index in [-0.39, 0.29) is 24.4 Å². The summed E-state index contributed by atoms with van der Waals surface area (Å²) in [5.41, 5.74) is 0.241. The van der Waals surface area contributed by atoms with Crippen molar-refractivity contribution in [3.63, 3.8) is 0 Å². The molecule has 0 amide bonds. The Morgan fingerprint density at radius 2 is 2.00 bits per heavy atom. The van der Waals surface area contributed by atoms with Gasteiger partial charge in [0, 0.05) is 18.7 Å². The lowest BCUT2D eigenvalue weighted by Crippen LogP contribution is -2.16. The summed E-state index contributed by atoms with van der Waals surface area (Å²) in [7, 11) is 0. The molecule has 0 aliphatic carbocycles. The fraction of sp³-hybridized carbons (Fsp3) is 0.333. The van der Waals surface area contributed by atoms with Gasteiger partial charge in [-0.05, 0) is 0 Å². The third-order valence-corrected chi connectivity index (χ3v) is 3.05. The van der Waals surface area contributed by atoms with E-state index in [0.29, 0.717) is 11.5 Å². The number of carboxylic acids is 1. The molecular formula is C12H9F3N2O4. The molecule has 3 rings (SSSR count). The number of benzene rings is 1. The number of aromatic nitrogens is 2. The van der Waals surface area contributed by atoms with Crippen LogP contribution >= 0.6 is 0 Å². The highest BCUT2D eigenvalue weighted by atomic mass is 19.4. The molecule has 1 aliphatic rings. The van der Waals surface area contributed by atoms with E-state index in [1.54, 1.807) is 0 Å². The lowest BCUT2D eigenvalue weighted by Gasteiger charge is -2.10. The molecule has 21 heavy (non-hydrogen) atoms. The second-order valence-electron chi connectivity index (χ2n) is 4.42. The highest BCUT2D eigenvalue weighted by molar-refractivity contribution is 5.81. The molecule has 0 unspecified atom stereocenters. The van der Waals surface area contributed by atoms with E-state index in [9.17, 15) is 18.0 Å². The van der Waals surface area contributed by atoms with Gasteiger partial charge in [-0.25, -0.2) is 4.98 Å². The van der Waals surface area contributed by atoms with Crippen LogP contribution in [0.1, 0.15) is 12.2 Å². The number of rotatable bonds is 3. The topological polar surface area (TPSA) is 73.6 Å². The maximum Gasteiger partial charge on any atom is 0.449 e. The van der Waals surface area contributed by atoms with Crippen molar-refractivity contribution in [1.29, 1.82) is 0 Å². The maximum atomic E-state index is 13.0. The van der Waals surface area contributed by atoms with Crippen LogP contribution in [-0.4, -0.2) is 27.4 Å². The van der Waals surface area contributed by atoms with Crippen molar-refractivity contribution in [2.75, 3.05) is 6.79 Å². The van der Waals surface area contributed by atoms with Crippen LogP contribution in [0.5, 0.6) is 11.5 Å². The van der Waals surface area contributed by atoms with Gasteiger partial charge in [-0.2, -0.15) is 13.2 Å². The van der Waals surface area contributed by atoms with Crippen LogP contribution in [-0.2, 0) is 17.5 Å². The number of imidazole rings is 1. The van der Waals surface area contributed by atoms with Gasteiger partial charge < -0.3 is 19.1 Å². The van der Waals surface area contributed by atoms with Gasteiger partial charge in [-0.15, -0.1) is 0 Å². The number of aryl methyl sites for hydroxylation is 1. The predicted octanol–water partition coefficient (Wildman–Crippen LogP) is 2.26. The molecule has 2 aromatic rings. The summed E-state index contributed by atoms with van der Waals surface area (Å²) in [6, 6.07) is 2.73. The molecule has 2 heterocycles. The summed E-state index contributed by atoms with van der Waals surface area (Å²) in [5, 5.41) is 8.67. The average Bonchev–Trinajstić information content (AvgIpc) is 2.95. The molecule has 0 spiro atoms. The van der Waals surface area contributed by atoms with E-state index in [0.717, 1.165) is 4.57 Å². The summed E-state index contributed by atoms with van der Waals surface area (Å²) in [6.07, 6.45) is -5.12. The van der Waals surface area contributed by atoms with Crippen molar-refractivity contribution < 1.29 is 32.5 Å². The minimum atomic E-state index is -4.68. The van der Waals surface area contributed by atoms with Crippen LogP contribution in [0.25, 0.3) is 11.0 Å². The minimum Gasteiger partial charge on any atom is -0.481 e. The second-order valence-corrected chi connectivity index (χ2v) is 4.42. The fourth-order valence-corrected chi connectivity index (χ4v) is 2.17. The number of hydrogen-bond donors (Lipinski definition) is 1. The molecule has 0 fully saturated rings. The number of alkyl halides is 3. The summed E-state index contributed by atoms with van der Waals surface area (Å²) in [4.78, 5) is 14.2. The number of ether oxygens (including phenoxy) is 2. The highest BCUT2D eigenvalue weighted by Crippen LogP contribution is 2.38. The maximum absolute atomic E-state index is 13.0. The lowest BCUT2D eigenvalue weighted by molar-refractivity contribution is -0.148. The molecule has 0 saturated heterocycles. The lowest BCUT2D eigenvalue weighted by atomic mass is 10.2. The quantitative estimate of drug-likeness (QED) is 0.941. The van der Waals surface area contributed by atoms with Crippen molar-refractivity contribution in [2.45, 2.75) is 19.1 Å². The Balaban J connectivity index is 2.16. The van der Waals surface area contributed by atoms with Crippen LogP contribution in [0.4, 0.5) is 13.2 Å². The number of nitrogens with zero attached hydrogens (tertiary/aromatic N) is 2. The van der Waals surface area contributed by atoms with Gasteiger partial charge in [-0.1, -0.05) is 0 Å². The molecule has 112 valence electrons. The molecule has 0 atom stereocenters. The van der Waals surface area contributed by atoms with Gasteiger partial charge in [0.2, 0.25) is 12.6 Å². The Kier molecular flexibility index (Phi) is 2.92. The van der Waals surface area contributed by atoms with Gasteiger partial charge in [0.25, 0.3) is 0 Å². The Morgan fingerprint density at radius 1 is 1.33 bits per heavy atom. The molecular weight excluding hydrogens is 293 g/mol. The standard InChI is InChI=1S/C12H9F3N2O4/c13-12(14,15)11-16-6-3-8-9(21-5-20-8)4-7(6)17(11)2-1-10(18)19/h3-4H,1-2,5H2,(H,18,19). The average molecular weight is 302 g/mol. The highest BCUT2D eigenvalue weighted by Gasteiger charge is 2.38. The Morgan fingerprint density at radius 3 is 2.62 bits per heavy atom. The molecule has 0 bridgehead atoms. The van der Waals surface area contributed by atoms with Crippen molar-refractivity contribution in [2.24, 2.45) is 0 Å². The third-order valence-electron chi connectivity index (χ3n) is 3.05. The molecule has 6 nitrogen and oxygen atoms in total. The van der Waals surface area contributed by atoms with E-state index in [2.05, 4.69) is 4.98 Å². The van der Waals surface area contributed by atoms with Crippen LogP contribution in [0.2, 0.25) is 0 Å². The zero-order valence-electron chi connectivity index (χ0n) is 10.5. The van der Waals surface area contributed by atoms with E-state index in [1.165, 1.54) is 12.1 Å². The Labute approximate surface area is 115 Å². The number of fused-ring (bicyclic) bond motifs is 2. The largest absolute Gasteiger partial charge is 0.481 e. The van der Waals surface area contributed by atoms with Crippen LogP contribution in [0.3, 0.4) is 0 Å². The molecule has 9 heteroatoms. The molecule has 0 radical (unpaired) electrons. The van der Waals surface area contributed by atoms with E-state index < -0.39 is 24.4 Å². The summed E-state index contributed by atoms with van der Waals surface area (Å²) in [5.74, 6) is -1.69. The van der Waals surface area contributed by atoms with Gasteiger partial charge in [-0.3, -0.25) is 4.79 Å². The molecule has 1 aromatic carbocycles. The molecule has 1 N–H and O–H groups in total. The summed E-state index contributed by atoms with van der Waals surface area (Å²) in [6.45, 7) is -0.344. The first-order valence-corrected chi connectivity index (χ1v) is 5.95. The smallest absolute Gasteiger partial charge is 0.449 e. The van der Waals surface area contributed by atoms with Gasteiger partial charge in [0.05, 0.1) is 17.5 Å². The van der Waals surface area contributed by atoms with Crippen LogP contribution in [0, 0.1) is 0 Å². The monoisotopic (exact) mass is 302 g/mol. The predicted molar refractivity (Wildman–Crippen MR) is 63.1 cm³/mol.